The Morgan fingerprint density at radius 2 is 2.04 bits per heavy atom. The highest BCUT2D eigenvalue weighted by atomic mass is 16.5. The van der Waals surface area contributed by atoms with E-state index in [0.29, 0.717) is 18.7 Å². The number of aryl methyl sites for hydroxylation is 2. The van der Waals surface area contributed by atoms with E-state index in [1.165, 1.54) is 12.0 Å². The number of benzene rings is 1. The minimum atomic E-state index is -0.0897. The summed E-state index contributed by atoms with van der Waals surface area (Å²) in [7, 11) is 2.05. The summed E-state index contributed by atoms with van der Waals surface area (Å²) < 4.78 is 5.91. The van der Waals surface area contributed by atoms with Gasteiger partial charge in [0.15, 0.2) is 0 Å². The van der Waals surface area contributed by atoms with Gasteiger partial charge in [-0.3, -0.25) is 4.79 Å². The molecule has 2 aliphatic heterocycles. The number of fused-ring (bicyclic) bond motifs is 1. The fourth-order valence-corrected chi connectivity index (χ4v) is 3.99. The molecule has 148 valence electrons. The van der Waals surface area contributed by atoms with Crippen LogP contribution >= 0.6 is 0 Å². The van der Waals surface area contributed by atoms with Gasteiger partial charge in [0.05, 0.1) is 6.10 Å². The lowest BCUT2D eigenvalue weighted by atomic mass is 10.0. The van der Waals surface area contributed by atoms with Gasteiger partial charge in [-0.1, -0.05) is 30.3 Å². The lowest BCUT2D eigenvalue weighted by Gasteiger charge is -2.30. The third-order valence-electron chi connectivity index (χ3n) is 5.50. The molecule has 1 fully saturated rings. The third-order valence-corrected chi connectivity index (χ3v) is 5.50. The fourth-order valence-electron chi connectivity index (χ4n) is 3.99. The minimum Gasteiger partial charge on any atom is -0.376 e. The number of amides is 1. The van der Waals surface area contributed by atoms with Crippen molar-refractivity contribution in [2.45, 2.75) is 44.6 Å². The first-order valence-corrected chi connectivity index (χ1v) is 10.3. The van der Waals surface area contributed by atoms with Crippen LogP contribution in [-0.2, 0) is 24.0 Å². The van der Waals surface area contributed by atoms with Crippen LogP contribution in [0.5, 0.6) is 0 Å². The maximum atomic E-state index is 12.4. The van der Waals surface area contributed by atoms with Gasteiger partial charge in [-0.25, -0.2) is 9.97 Å². The zero-order valence-corrected chi connectivity index (χ0v) is 16.5. The second-order valence-electron chi connectivity index (χ2n) is 7.65. The number of hydrogen-bond acceptors (Lipinski definition) is 5. The molecule has 1 saturated heterocycles. The molecule has 0 radical (unpaired) electrons. The normalized spacial score (nSPS) is 19.0. The Kier molecular flexibility index (Phi) is 5.86. The molecule has 6 nitrogen and oxygen atoms in total. The van der Waals surface area contributed by atoms with E-state index in [1.807, 2.05) is 25.2 Å². The first-order chi connectivity index (χ1) is 13.7. The summed E-state index contributed by atoms with van der Waals surface area (Å²) in [6.07, 6.45) is 6.01. The molecule has 28 heavy (non-hydrogen) atoms. The average molecular weight is 380 g/mol. The van der Waals surface area contributed by atoms with E-state index in [-0.39, 0.29) is 12.0 Å². The predicted octanol–water partition coefficient (Wildman–Crippen LogP) is 2.55. The van der Waals surface area contributed by atoms with Crippen LogP contribution in [0.4, 0.5) is 5.82 Å². The van der Waals surface area contributed by atoms with Crippen molar-refractivity contribution in [2.24, 2.45) is 0 Å². The quantitative estimate of drug-likeness (QED) is 0.834. The molecular formula is C22H28N4O2. The molecule has 0 spiro atoms. The van der Waals surface area contributed by atoms with E-state index >= 15 is 0 Å². The minimum absolute atomic E-state index is 0.0897. The van der Waals surface area contributed by atoms with Crippen LogP contribution in [0.25, 0.3) is 0 Å². The Morgan fingerprint density at radius 1 is 1.18 bits per heavy atom. The Balaban J connectivity index is 1.58. The van der Waals surface area contributed by atoms with Crippen LogP contribution in [-0.4, -0.2) is 48.7 Å². The molecule has 4 rings (SSSR count). The summed E-state index contributed by atoms with van der Waals surface area (Å²) in [6.45, 7) is 2.27. The number of aromatic nitrogens is 2. The van der Waals surface area contributed by atoms with E-state index in [2.05, 4.69) is 27.3 Å². The van der Waals surface area contributed by atoms with Crippen molar-refractivity contribution in [3.63, 3.8) is 0 Å². The maximum Gasteiger partial charge on any atom is 0.270 e. The highest BCUT2D eigenvalue weighted by Crippen LogP contribution is 2.25. The molecule has 1 amide bonds. The summed E-state index contributed by atoms with van der Waals surface area (Å²) >= 11 is 0. The monoisotopic (exact) mass is 380 g/mol. The Morgan fingerprint density at radius 3 is 2.82 bits per heavy atom. The lowest BCUT2D eigenvalue weighted by Crippen LogP contribution is -2.38. The third kappa shape index (κ3) is 4.33. The van der Waals surface area contributed by atoms with Crippen LogP contribution < -0.4 is 10.2 Å². The number of nitrogens with zero attached hydrogens (tertiary/aromatic N) is 3. The summed E-state index contributed by atoms with van der Waals surface area (Å²) in [4.78, 5) is 24.1. The molecule has 2 aromatic rings. The standard InChI is InChI=1S/C22H28N4O2/c1-26(15-17-9-5-6-14-28-17)21-18-12-13-23-22(27)20(18)24-19(25-21)11-10-16-7-3-2-4-8-16/h2-4,7-8,17H,5-6,9-15H2,1H3,(H,23,27). The van der Waals surface area contributed by atoms with Gasteiger partial charge in [-0.2, -0.15) is 0 Å². The first kappa shape index (κ1) is 18.9. The average Bonchev–Trinajstić information content (AvgIpc) is 2.74. The predicted molar refractivity (Wildman–Crippen MR) is 109 cm³/mol. The van der Waals surface area contributed by atoms with Crippen molar-refractivity contribution in [3.05, 3.63) is 53.0 Å². The molecule has 0 aliphatic carbocycles. The number of carbonyl (C=O) groups excluding carboxylic acids is 1. The molecule has 6 heteroatoms. The van der Waals surface area contributed by atoms with E-state index in [9.17, 15) is 4.79 Å². The highest BCUT2D eigenvalue weighted by Gasteiger charge is 2.26. The van der Waals surface area contributed by atoms with Crippen molar-refractivity contribution >= 4 is 11.7 Å². The molecule has 0 saturated carbocycles. The van der Waals surface area contributed by atoms with Gasteiger partial charge >= 0.3 is 0 Å². The fraction of sp³-hybridized carbons (Fsp3) is 0.500. The van der Waals surface area contributed by atoms with Crippen molar-refractivity contribution in [2.75, 3.05) is 31.6 Å². The maximum absolute atomic E-state index is 12.4. The molecule has 1 unspecified atom stereocenters. The second-order valence-corrected chi connectivity index (χ2v) is 7.65. The molecule has 1 aromatic carbocycles. The van der Waals surface area contributed by atoms with Gasteiger partial charge in [0.2, 0.25) is 0 Å². The molecule has 1 aromatic heterocycles. The van der Waals surface area contributed by atoms with Crippen LogP contribution in [0.2, 0.25) is 0 Å². The molecule has 1 atom stereocenters. The number of nitrogens with one attached hydrogen (secondary N) is 1. The van der Waals surface area contributed by atoms with E-state index < -0.39 is 0 Å². The zero-order chi connectivity index (χ0) is 19.3. The number of rotatable bonds is 6. The van der Waals surface area contributed by atoms with Gasteiger partial charge in [0.1, 0.15) is 17.3 Å². The SMILES string of the molecule is CN(CC1CCCCO1)c1nc(CCc2ccccc2)nc2c1CCNC2=O. The van der Waals surface area contributed by atoms with Crippen LogP contribution in [0.1, 0.15) is 46.7 Å². The molecule has 1 N–H and O–H groups in total. The Hall–Kier alpha value is -2.47. The van der Waals surface area contributed by atoms with E-state index in [0.717, 1.165) is 56.0 Å². The van der Waals surface area contributed by atoms with E-state index in [1.54, 1.807) is 0 Å². The topological polar surface area (TPSA) is 67.3 Å². The largest absolute Gasteiger partial charge is 0.376 e. The van der Waals surface area contributed by atoms with Crippen LogP contribution in [0.3, 0.4) is 0 Å². The number of likely N-dealkylation sites (N-methyl/N-ethyl adjacent to an activating group) is 1. The smallest absolute Gasteiger partial charge is 0.270 e. The lowest BCUT2D eigenvalue weighted by molar-refractivity contribution is 0.0215. The van der Waals surface area contributed by atoms with Crippen molar-refractivity contribution in [1.29, 1.82) is 0 Å². The summed E-state index contributed by atoms with van der Waals surface area (Å²) in [5.41, 5.74) is 2.75. The van der Waals surface area contributed by atoms with Gasteiger partial charge in [0.25, 0.3) is 5.91 Å². The molecule has 2 aliphatic rings. The summed E-state index contributed by atoms with van der Waals surface area (Å²) in [6, 6.07) is 10.3. The summed E-state index contributed by atoms with van der Waals surface area (Å²) in [5, 5.41) is 2.91. The second kappa shape index (κ2) is 8.69. The number of ether oxygens (including phenoxy) is 1. The number of hydrogen-bond donors (Lipinski definition) is 1. The van der Waals surface area contributed by atoms with Crippen molar-refractivity contribution < 1.29 is 9.53 Å². The van der Waals surface area contributed by atoms with E-state index in [4.69, 9.17) is 9.72 Å². The van der Waals surface area contributed by atoms with Gasteiger partial charge in [-0.05, 0) is 37.7 Å². The number of carbonyl (C=O) groups is 1. The van der Waals surface area contributed by atoms with Crippen LogP contribution in [0.15, 0.2) is 30.3 Å². The van der Waals surface area contributed by atoms with Crippen LogP contribution in [0, 0.1) is 0 Å². The highest BCUT2D eigenvalue weighted by molar-refractivity contribution is 5.96. The first-order valence-electron chi connectivity index (χ1n) is 10.3. The molecule has 0 bridgehead atoms. The molecular weight excluding hydrogens is 352 g/mol. The summed E-state index contributed by atoms with van der Waals surface area (Å²) in [5.74, 6) is 1.52. The Bertz CT molecular complexity index is 819. The van der Waals surface area contributed by atoms with Gasteiger partial charge in [0, 0.05) is 38.7 Å². The van der Waals surface area contributed by atoms with Gasteiger partial charge in [-0.15, -0.1) is 0 Å². The van der Waals surface area contributed by atoms with Crippen molar-refractivity contribution in [3.8, 4) is 0 Å². The molecule has 3 heterocycles. The zero-order valence-electron chi connectivity index (χ0n) is 16.5. The van der Waals surface area contributed by atoms with Crippen molar-refractivity contribution in [1.82, 2.24) is 15.3 Å². The Labute approximate surface area is 166 Å². The number of anilines is 1. The van der Waals surface area contributed by atoms with Gasteiger partial charge < -0.3 is 15.0 Å².